The van der Waals surface area contributed by atoms with E-state index in [2.05, 4.69) is 21.9 Å². The Hall–Kier alpha value is -5.80. The second kappa shape index (κ2) is 15.8. The molecule has 0 fully saturated rings. The molecule has 1 atom stereocenters. The molecule has 4 aromatic rings. The van der Waals surface area contributed by atoms with Crippen LogP contribution in [0.5, 0.6) is 5.75 Å². The van der Waals surface area contributed by atoms with Gasteiger partial charge in [0.15, 0.2) is 0 Å². The number of halogens is 3. The van der Waals surface area contributed by atoms with Crippen LogP contribution in [0.4, 0.5) is 24.7 Å². The number of aryl methyl sites for hydroxylation is 1. The molecule has 4 rings (SSSR count). The van der Waals surface area contributed by atoms with Crippen LogP contribution in [0, 0.1) is 24.6 Å². The Morgan fingerprint density at radius 1 is 1.19 bits per heavy atom. The average molecular weight is 836 g/mol. The largest absolute Gasteiger partial charge is 0.696 e. The molecular weight excluding hydrogens is 807 g/mol. The summed E-state index contributed by atoms with van der Waals surface area (Å²) in [6, 6.07) is 11.1. The van der Waals surface area contributed by atoms with E-state index in [1.54, 1.807) is 48.3 Å². The molecule has 0 bridgehead atoms. The maximum absolute atomic E-state index is 13.3. The Kier molecular flexibility index (Phi) is 12.3. The van der Waals surface area contributed by atoms with Crippen LogP contribution in [0.3, 0.4) is 0 Å². The molecule has 0 spiro atoms. The van der Waals surface area contributed by atoms with Gasteiger partial charge in [0.1, 0.15) is 42.4 Å². The van der Waals surface area contributed by atoms with Gasteiger partial charge in [0.05, 0.1) is 29.7 Å². The number of pyridine rings is 1. The monoisotopic (exact) mass is 835 g/mol. The molecule has 10 nitrogen and oxygen atoms in total. The van der Waals surface area contributed by atoms with Crippen molar-refractivity contribution in [2.75, 3.05) is 32.2 Å². The molecule has 0 aliphatic heterocycles. The van der Waals surface area contributed by atoms with E-state index in [4.69, 9.17) is 30.8 Å². The number of hydrogen-bond donors (Lipinski definition) is 2. The van der Waals surface area contributed by atoms with Crippen molar-refractivity contribution in [2.24, 2.45) is 7.05 Å². The summed E-state index contributed by atoms with van der Waals surface area (Å²) in [4.78, 5) is 14.7. The number of carboxylic acids is 1. The predicted molar refractivity (Wildman–Crippen MR) is 150 cm³/mol. The van der Waals surface area contributed by atoms with Gasteiger partial charge in [-0.15, -0.1) is 0 Å². The van der Waals surface area contributed by atoms with Gasteiger partial charge in [0.25, 0.3) is 0 Å². The van der Waals surface area contributed by atoms with Crippen LogP contribution in [0.25, 0.3) is 27.9 Å². The summed E-state index contributed by atoms with van der Waals surface area (Å²) in [5, 5.41) is 13.8. The van der Waals surface area contributed by atoms with Crippen LogP contribution in [0.2, 0.25) is 0 Å². The van der Waals surface area contributed by atoms with Crippen LogP contribution >= 0.6 is 0 Å². The quantitative estimate of drug-likeness (QED) is 0.118. The zero-order chi connectivity index (χ0) is 30.6. The number of fused-ring (bicyclic) bond motifs is 1. The summed E-state index contributed by atoms with van der Waals surface area (Å²) >= 11 is 0. The molecule has 2 heterocycles. The molecular formula is C29H28EsF3N5O5-2. The van der Waals surface area contributed by atoms with Gasteiger partial charge in [-0.25, -0.2) is 14.2 Å². The first-order chi connectivity index (χ1) is 20.2. The smallest absolute Gasteiger partial charge is 0.329 e. The second-order valence-corrected chi connectivity index (χ2v) is 8.66. The summed E-state index contributed by atoms with van der Waals surface area (Å²) in [7, 11) is 1.78. The van der Waals surface area contributed by atoms with Crippen molar-refractivity contribution in [2.45, 2.75) is 13.0 Å². The standard InChI is InChI=1S/C28H28FN5O5.CHF2.Es/c1-17(18-5-8-21(29)9-6-18)39-23-14-19(7-10-22(23)30)26-25-27(34(2)33-26)20(15-32-28(25)31)4-3-11-37-12-13-38-16-24(35)36;2-1-3;/h5-10,14-15,17H,11-13,16H2,1-2H3,(H5,30,31,32,33,35,36);1H;/q;-1;/p-1/t17-;;/m0../s1. The van der Waals surface area contributed by atoms with Crippen LogP contribution < -0.4 is 10.5 Å². The van der Waals surface area contributed by atoms with Crippen molar-refractivity contribution in [3.8, 4) is 28.8 Å². The maximum Gasteiger partial charge on any atom is 0.329 e. The Balaban J connectivity index is 0.00000155. The minimum Gasteiger partial charge on any atom is -0.696 e. The normalized spacial score (nSPS) is 11.0. The number of nitrogens with one attached hydrogen (secondary N) is 1. The van der Waals surface area contributed by atoms with E-state index in [1.165, 1.54) is 12.1 Å². The van der Waals surface area contributed by atoms with Crippen molar-refractivity contribution in [1.82, 2.24) is 14.8 Å². The number of nitrogens with two attached hydrogens (primary N) is 1. The number of nitrogen functional groups attached to an aromatic ring is 1. The molecule has 1 radical (unpaired) electrons. The third-order valence-corrected chi connectivity index (χ3v) is 5.78. The molecule has 0 saturated heterocycles. The number of carbonyl (C=O) groups is 1. The summed E-state index contributed by atoms with van der Waals surface area (Å²) in [5.41, 5.74) is 18.1. The fourth-order valence-electron chi connectivity index (χ4n) is 3.92. The van der Waals surface area contributed by atoms with Gasteiger partial charge in [0.2, 0.25) is 0 Å². The Morgan fingerprint density at radius 2 is 1.86 bits per heavy atom. The molecule has 233 valence electrons. The number of ether oxygens (including phenoxy) is 3. The molecule has 0 aliphatic carbocycles. The topological polar surface area (TPSA) is 146 Å². The fourth-order valence-corrected chi connectivity index (χ4v) is 3.92. The first-order valence-electron chi connectivity index (χ1n) is 12.4. The van der Waals surface area contributed by atoms with Crippen LogP contribution in [-0.4, -0.2) is 52.3 Å². The van der Waals surface area contributed by atoms with E-state index >= 15 is 0 Å². The summed E-state index contributed by atoms with van der Waals surface area (Å²) < 4.78 is 50.3. The number of rotatable bonds is 10. The van der Waals surface area contributed by atoms with Crippen molar-refractivity contribution >= 4 is 28.4 Å². The Bertz CT molecular complexity index is 1580. The zero-order valence-electron chi connectivity index (χ0n) is 23.0. The molecule has 0 saturated carbocycles. The maximum atomic E-state index is 13.3. The van der Waals surface area contributed by atoms with Crippen LogP contribution in [0.15, 0.2) is 48.7 Å². The van der Waals surface area contributed by atoms with E-state index in [-0.39, 0.29) is 43.7 Å². The van der Waals surface area contributed by atoms with E-state index in [9.17, 15) is 18.0 Å². The van der Waals surface area contributed by atoms with Crippen molar-refractivity contribution in [1.29, 1.82) is 0 Å². The molecule has 43 heavy (non-hydrogen) atoms. The van der Waals surface area contributed by atoms with Gasteiger partial charge in [-0.2, -0.15) is 5.10 Å². The number of aromatic nitrogens is 3. The van der Waals surface area contributed by atoms with E-state index in [0.717, 1.165) is 5.56 Å². The molecule has 2 aromatic heterocycles. The third-order valence-electron chi connectivity index (χ3n) is 5.78. The summed E-state index contributed by atoms with van der Waals surface area (Å²) in [5.74, 6) is 5.19. The van der Waals surface area contributed by atoms with E-state index in [0.29, 0.717) is 33.5 Å². The summed E-state index contributed by atoms with van der Waals surface area (Å²) in [6.07, 6.45) is 1.16. The minimum absolute atomic E-state index is 0. The van der Waals surface area contributed by atoms with Crippen molar-refractivity contribution in [3.63, 3.8) is 0 Å². The molecule has 0 aliphatic rings. The average Bonchev–Trinajstić information content (AvgIpc) is 3.31. The third kappa shape index (κ3) is 8.84. The Morgan fingerprint density at radius 3 is 2.53 bits per heavy atom. The Labute approximate surface area is 240 Å². The number of aliphatic carboxylic acids is 1. The molecule has 2 aromatic carbocycles. The second-order valence-electron chi connectivity index (χ2n) is 8.66. The van der Waals surface area contributed by atoms with Gasteiger partial charge in [-0.05, 0) is 37.6 Å². The van der Waals surface area contributed by atoms with E-state index in [1.807, 2.05) is 6.92 Å². The van der Waals surface area contributed by atoms with Crippen molar-refractivity contribution in [3.05, 3.63) is 78.3 Å². The predicted octanol–water partition coefficient (Wildman–Crippen LogP) is 5.69. The number of anilines is 1. The van der Waals surface area contributed by atoms with Gasteiger partial charge in [-0.3, -0.25) is 4.68 Å². The fraction of sp³-hybridized carbons (Fsp3) is 0.241. The molecule has 0 amide bonds. The zero-order valence-corrected chi connectivity index (χ0v) is 25.5. The number of benzene rings is 2. The number of hydrogen-bond acceptors (Lipinski definition) is 7. The van der Waals surface area contributed by atoms with Crippen molar-refractivity contribution < 1.29 is 37.3 Å². The number of carboxylic acid groups (broad SMARTS) is 1. The number of nitrogens with zero attached hydrogens (tertiary/aromatic N) is 3. The van der Waals surface area contributed by atoms with Gasteiger partial charge in [0, 0.05) is 18.8 Å². The summed E-state index contributed by atoms with van der Waals surface area (Å²) in [6.45, 7) is 0.931. The first-order valence-corrected chi connectivity index (χ1v) is 12.4. The molecule has 14 heteroatoms. The van der Waals surface area contributed by atoms with Gasteiger partial charge in [-0.1, -0.05) is 41.8 Å². The SMILES string of the molecule is C[C@H](Oc1cc(-c2nn(C)c3c(C#CCOCCOCC(=O)O)cnc(N)c23)ccc1[NH-])c1ccc(F)cc1.F[CH-]F.[Es]. The van der Waals surface area contributed by atoms with Gasteiger partial charge < -0.3 is 39.6 Å². The molecule has 0 unspecified atom stereocenters. The van der Waals surface area contributed by atoms with E-state index < -0.39 is 19.0 Å². The van der Waals surface area contributed by atoms with Gasteiger partial charge >= 0.3 is 5.97 Å². The van der Waals surface area contributed by atoms with Crippen LogP contribution in [0.1, 0.15) is 24.2 Å². The first kappa shape index (κ1) is 33.4. The minimum atomic E-state index is -1.04. The molecule has 4 N–H and O–H groups in total. The van der Waals surface area contributed by atoms with Crippen LogP contribution in [-0.2, 0) is 21.3 Å².